The maximum Gasteiger partial charge on any atom is 0.0438 e. The normalized spacial score (nSPS) is 12.4. The summed E-state index contributed by atoms with van der Waals surface area (Å²) in [4.78, 5) is 0. The molecule has 0 aliphatic rings. The molecular formula is C16H18ClN. The molecule has 2 rings (SSSR count). The van der Waals surface area contributed by atoms with Crippen molar-refractivity contribution >= 4 is 11.6 Å². The Kier molecular flexibility index (Phi) is 4.05. The minimum absolute atomic E-state index is 0.00944. The molecule has 0 spiro atoms. The van der Waals surface area contributed by atoms with Crippen molar-refractivity contribution in [3.63, 3.8) is 0 Å². The summed E-state index contributed by atoms with van der Waals surface area (Å²) in [6, 6.07) is 14.1. The molecule has 2 heteroatoms. The van der Waals surface area contributed by atoms with Gasteiger partial charge in [0.1, 0.15) is 0 Å². The molecule has 1 unspecified atom stereocenters. The van der Waals surface area contributed by atoms with Gasteiger partial charge in [-0.1, -0.05) is 48.0 Å². The van der Waals surface area contributed by atoms with Crippen molar-refractivity contribution in [1.82, 2.24) is 0 Å². The molecule has 94 valence electrons. The first-order chi connectivity index (χ1) is 8.59. The van der Waals surface area contributed by atoms with Crippen molar-refractivity contribution in [2.75, 3.05) is 0 Å². The van der Waals surface area contributed by atoms with Crippen LogP contribution in [0.4, 0.5) is 0 Å². The van der Waals surface area contributed by atoms with Gasteiger partial charge in [-0.2, -0.15) is 0 Å². The van der Waals surface area contributed by atoms with E-state index >= 15 is 0 Å². The van der Waals surface area contributed by atoms with Crippen molar-refractivity contribution < 1.29 is 0 Å². The van der Waals surface area contributed by atoms with Gasteiger partial charge in [-0.15, -0.1) is 0 Å². The van der Waals surface area contributed by atoms with Gasteiger partial charge in [-0.25, -0.2) is 0 Å². The summed E-state index contributed by atoms with van der Waals surface area (Å²) in [5.41, 5.74) is 11.2. The number of hydrogen-bond acceptors (Lipinski definition) is 1. The third-order valence-electron chi connectivity index (χ3n) is 3.44. The molecule has 1 atom stereocenters. The highest BCUT2D eigenvalue weighted by atomic mass is 35.5. The molecule has 0 saturated carbocycles. The molecule has 2 aromatic rings. The average Bonchev–Trinajstić information content (AvgIpc) is 2.35. The van der Waals surface area contributed by atoms with Gasteiger partial charge in [0.25, 0.3) is 0 Å². The summed E-state index contributed by atoms with van der Waals surface area (Å²) < 4.78 is 0. The van der Waals surface area contributed by atoms with Gasteiger partial charge in [-0.3, -0.25) is 0 Å². The first-order valence-electron chi connectivity index (χ1n) is 6.14. The van der Waals surface area contributed by atoms with E-state index in [1.807, 2.05) is 24.3 Å². The number of rotatable bonds is 3. The first kappa shape index (κ1) is 13.1. The maximum atomic E-state index is 6.31. The molecular weight excluding hydrogens is 242 g/mol. The number of aryl methyl sites for hydroxylation is 1. The lowest BCUT2D eigenvalue weighted by molar-refractivity contribution is 0.715. The van der Waals surface area contributed by atoms with Crippen LogP contribution in [0.25, 0.3) is 0 Å². The fourth-order valence-electron chi connectivity index (χ4n) is 2.19. The molecule has 1 nitrogen and oxygen atoms in total. The summed E-state index contributed by atoms with van der Waals surface area (Å²) >= 11 is 6.17. The number of halogens is 1. The summed E-state index contributed by atoms with van der Waals surface area (Å²) in [6.45, 7) is 4.23. The Bertz CT molecular complexity index is 549. The van der Waals surface area contributed by atoms with Gasteiger partial charge in [0.05, 0.1) is 0 Å². The second-order valence-corrected chi connectivity index (χ2v) is 5.10. The zero-order valence-corrected chi connectivity index (χ0v) is 11.5. The zero-order chi connectivity index (χ0) is 13.1. The molecule has 0 aliphatic carbocycles. The van der Waals surface area contributed by atoms with E-state index in [1.54, 1.807) is 0 Å². The molecule has 0 amide bonds. The molecule has 0 radical (unpaired) electrons. The third-order valence-corrected chi connectivity index (χ3v) is 3.81. The largest absolute Gasteiger partial charge is 0.324 e. The average molecular weight is 260 g/mol. The Hall–Kier alpha value is -1.31. The van der Waals surface area contributed by atoms with Crippen molar-refractivity contribution in [3.05, 3.63) is 69.7 Å². The van der Waals surface area contributed by atoms with E-state index in [2.05, 4.69) is 32.0 Å². The molecule has 18 heavy (non-hydrogen) atoms. The van der Waals surface area contributed by atoms with E-state index in [4.69, 9.17) is 17.3 Å². The number of nitrogens with two attached hydrogens (primary N) is 1. The minimum Gasteiger partial charge on any atom is -0.324 e. The fourth-order valence-corrected chi connectivity index (χ4v) is 2.40. The molecule has 0 heterocycles. The van der Waals surface area contributed by atoms with Crippen LogP contribution < -0.4 is 5.73 Å². The summed E-state index contributed by atoms with van der Waals surface area (Å²) in [5.74, 6) is 0. The standard InChI is InChI=1S/C16H18ClN/c1-11-6-5-8-14(12(11)2)16(18)10-13-7-3-4-9-15(13)17/h3-9,16H,10,18H2,1-2H3. The van der Waals surface area contributed by atoms with Crippen LogP contribution in [0.1, 0.15) is 28.3 Å². The van der Waals surface area contributed by atoms with Crippen molar-refractivity contribution in [1.29, 1.82) is 0 Å². The van der Waals surface area contributed by atoms with Crippen LogP contribution in [0.15, 0.2) is 42.5 Å². The first-order valence-corrected chi connectivity index (χ1v) is 6.52. The SMILES string of the molecule is Cc1cccc(C(N)Cc2ccccc2Cl)c1C. The maximum absolute atomic E-state index is 6.31. The van der Waals surface area contributed by atoms with Gasteiger partial charge in [-0.05, 0) is 48.6 Å². The lowest BCUT2D eigenvalue weighted by atomic mass is 9.94. The minimum atomic E-state index is -0.00944. The third kappa shape index (κ3) is 2.74. The Labute approximate surface area is 114 Å². The van der Waals surface area contributed by atoms with E-state index < -0.39 is 0 Å². The monoisotopic (exact) mass is 259 g/mol. The van der Waals surface area contributed by atoms with E-state index in [-0.39, 0.29) is 6.04 Å². The smallest absolute Gasteiger partial charge is 0.0438 e. The summed E-state index contributed by atoms with van der Waals surface area (Å²) in [5, 5.41) is 0.790. The van der Waals surface area contributed by atoms with Gasteiger partial charge < -0.3 is 5.73 Å². The molecule has 0 aromatic heterocycles. The molecule has 0 saturated heterocycles. The van der Waals surface area contributed by atoms with Gasteiger partial charge in [0.2, 0.25) is 0 Å². The van der Waals surface area contributed by atoms with Crippen molar-refractivity contribution in [3.8, 4) is 0 Å². The Balaban J connectivity index is 2.25. The summed E-state index contributed by atoms with van der Waals surface area (Å²) in [7, 11) is 0. The number of hydrogen-bond donors (Lipinski definition) is 1. The van der Waals surface area contributed by atoms with Crippen LogP contribution in [0, 0.1) is 13.8 Å². The topological polar surface area (TPSA) is 26.0 Å². The lowest BCUT2D eigenvalue weighted by Crippen LogP contribution is -2.15. The van der Waals surface area contributed by atoms with Crippen LogP contribution in [0.5, 0.6) is 0 Å². The number of benzene rings is 2. The van der Waals surface area contributed by atoms with Gasteiger partial charge >= 0.3 is 0 Å². The van der Waals surface area contributed by atoms with Crippen LogP contribution >= 0.6 is 11.6 Å². The van der Waals surface area contributed by atoms with Crippen molar-refractivity contribution in [2.24, 2.45) is 5.73 Å². The molecule has 0 aliphatic heterocycles. The Morgan fingerprint density at radius 2 is 1.78 bits per heavy atom. The molecule has 0 bridgehead atoms. The lowest BCUT2D eigenvalue weighted by Gasteiger charge is -2.17. The van der Waals surface area contributed by atoms with Crippen LogP contribution in [0.2, 0.25) is 5.02 Å². The second-order valence-electron chi connectivity index (χ2n) is 4.69. The second kappa shape index (κ2) is 5.55. The zero-order valence-electron chi connectivity index (χ0n) is 10.8. The van der Waals surface area contributed by atoms with E-state index in [1.165, 1.54) is 16.7 Å². The van der Waals surface area contributed by atoms with Crippen LogP contribution in [0.3, 0.4) is 0 Å². The van der Waals surface area contributed by atoms with Gasteiger partial charge in [0.15, 0.2) is 0 Å². The predicted octanol–water partition coefficient (Wildman–Crippen LogP) is 4.20. The molecule has 0 fully saturated rings. The van der Waals surface area contributed by atoms with E-state index in [0.29, 0.717) is 0 Å². The highest BCUT2D eigenvalue weighted by molar-refractivity contribution is 6.31. The van der Waals surface area contributed by atoms with Crippen LogP contribution in [-0.4, -0.2) is 0 Å². The highest BCUT2D eigenvalue weighted by Crippen LogP contribution is 2.25. The Morgan fingerprint density at radius 3 is 2.50 bits per heavy atom. The van der Waals surface area contributed by atoms with Crippen LogP contribution in [-0.2, 0) is 6.42 Å². The van der Waals surface area contributed by atoms with Crippen molar-refractivity contribution in [2.45, 2.75) is 26.3 Å². The highest BCUT2D eigenvalue weighted by Gasteiger charge is 2.12. The quantitative estimate of drug-likeness (QED) is 0.878. The molecule has 2 aromatic carbocycles. The summed E-state index contributed by atoms with van der Waals surface area (Å²) in [6.07, 6.45) is 0.768. The molecule has 2 N–H and O–H groups in total. The van der Waals surface area contributed by atoms with E-state index in [0.717, 1.165) is 17.0 Å². The Morgan fingerprint density at radius 1 is 1.06 bits per heavy atom. The van der Waals surface area contributed by atoms with Gasteiger partial charge in [0, 0.05) is 11.1 Å². The predicted molar refractivity (Wildman–Crippen MR) is 78.0 cm³/mol. The fraction of sp³-hybridized carbons (Fsp3) is 0.250. The van der Waals surface area contributed by atoms with E-state index in [9.17, 15) is 0 Å².